The van der Waals surface area contributed by atoms with Crippen molar-refractivity contribution in [2.75, 3.05) is 36.6 Å². The van der Waals surface area contributed by atoms with Crippen LogP contribution in [0.1, 0.15) is 25.8 Å². The molecule has 0 bridgehead atoms. The first-order chi connectivity index (χ1) is 14.2. The Morgan fingerprint density at radius 2 is 1.57 bits per heavy atom. The van der Waals surface area contributed by atoms with Crippen molar-refractivity contribution < 1.29 is 14.4 Å². The molecule has 0 spiro atoms. The molecule has 0 aliphatic heterocycles. The Morgan fingerprint density at radius 1 is 0.900 bits per heavy atom. The molecule has 2 rings (SSSR count). The van der Waals surface area contributed by atoms with Gasteiger partial charge in [0.2, 0.25) is 17.7 Å². The van der Waals surface area contributed by atoms with E-state index in [1.807, 2.05) is 50.2 Å². The van der Waals surface area contributed by atoms with E-state index in [0.29, 0.717) is 24.2 Å². The van der Waals surface area contributed by atoms with Gasteiger partial charge >= 0.3 is 0 Å². The topological polar surface area (TPSA) is 90.5 Å². The van der Waals surface area contributed by atoms with Crippen molar-refractivity contribution in [1.29, 1.82) is 0 Å². The van der Waals surface area contributed by atoms with Gasteiger partial charge in [-0.3, -0.25) is 14.4 Å². The molecule has 3 amide bonds. The number of hydrogen-bond acceptors (Lipinski definition) is 4. The molecule has 2 aromatic rings. The average Bonchev–Trinajstić information content (AvgIpc) is 2.71. The highest BCUT2D eigenvalue weighted by atomic mass is 16.2. The van der Waals surface area contributed by atoms with Crippen LogP contribution in [-0.4, -0.2) is 43.3 Å². The van der Waals surface area contributed by atoms with Crippen molar-refractivity contribution in [3.63, 3.8) is 0 Å². The van der Waals surface area contributed by atoms with Gasteiger partial charge in [0.25, 0.3) is 0 Å². The maximum atomic E-state index is 12.2. The molecule has 160 valence electrons. The molecule has 30 heavy (non-hydrogen) atoms. The van der Waals surface area contributed by atoms with E-state index in [1.165, 1.54) is 0 Å². The highest BCUT2D eigenvalue weighted by molar-refractivity contribution is 5.94. The van der Waals surface area contributed by atoms with Gasteiger partial charge in [0, 0.05) is 43.5 Å². The smallest absolute Gasteiger partial charge is 0.243 e. The third kappa shape index (κ3) is 7.58. The van der Waals surface area contributed by atoms with Crippen LogP contribution >= 0.6 is 0 Å². The zero-order chi connectivity index (χ0) is 22.1. The quantitative estimate of drug-likeness (QED) is 0.591. The number of nitrogens with one attached hydrogen (secondary N) is 3. The molecule has 0 atom stereocenters. The summed E-state index contributed by atoms with van der Waals surface area (Å²) in [5, 5.41) is 8.74. The summed E-state index contributed by atoms with van der Waals surface area (Å²) in [4.78, 5) is 37.3. The van der Waals surface area contributed by atoms with Gasteiger partial charge in [-0.15, -0.1) is 0 Å². The van der Waals surface area contributed by atoms with Gasteiger partial charge in [0.05, 0.1) is 6.54 Å². The van der Waals surface area contributed by atoms with E-state index in [0.717, 1.165) is 11.3 Å². The zero-order valence-electron chi connectivity index (χ0n) is 18.0. The molecule has 0 heterocycles. The number of carbonyl (C=O) groups excluding carboxylic acids is 3. The minimum absolute atomic E-state index is 0.0385. The lowest BCUT2D eigenvalue weighted by Gasteiger charge is -2.12. The summed E-state index contributed by atoms with van der Waals surface area (Å²) in [6, 6.07) is 14.7. The van der Waals surface area contributed by atoms with E-state index in [4.69, 9.17) is 0 Å². The van der Waals surface area contributed by atoms with Crippen LogP contribution in [0.2, 0.25) is 0 Å². The first-order valence-corrected chi connectivity index (χ1v) is 9.98. The van der Waals surface area contributed by atoms with Crippen LogP contribution in [0.5, 0.6) is 0 Å². The second-order valence-corrected chi connectivity index (χ2v) is 7.61. The Bertz CT molecular complexity index is 876. The fourth-order valence-electron chi connectivity index (χ4n) is 2.62. The van der Waals surface area contributed by atoms with Crippen molar-refractivity contribution in [3.05, 3.63) is 54.1 Å². The zero-order valence-corrected chi connectivity index (χ0v) is 18.0. The van der Waals surface area contributed by atoms with Gasteiger partial charge in [-0.2, -0.15) is 0 Å². The summed E-state index contributed by atoms with van der Waals surface area (Å²) < 4.78 is 0. The third-order valence-electron chi connectivity index (χ3n) is 4.47. The van der Waals surface area contributed by atoms with Gasteiger partial charge in [-0.25, -0.2) is 0 Å². The van der Waals surface area contributed by atoms with Gasteiger partial charge < -0.3 is 20.9 Å². The lowest BCUT2D eigenvalue weighted by molar-refractivity contribution is -0.128. The fraction of sp³-hybridized carbons (Fsp3) is 0.348. The van der Waals surface area contributed by atoms with Crippen LogP contribution in [0, 0.1) is 5.92 Å². The lowest BCUT2D eigenvalue weighted by atomic mass is 10.1. The van der Waals surface area contributed by atoms with E-state index >= 15 is 0 Å². The number of amides is 3. The number of hydrogen-bond donors (Lipinski definition) is 3. The molecule has 0 aromatic heterocycles. The van der Waals surface area contributed by atoms with Crippen LogP contribution in [0.15, 0.2) is 48.5 Å². The number of benzene rings is 2. The summed E-state index contributed by atoms with van der Waals surface area (Å²) in [5.41, 5.74) is 3.19. The van der Waals surface area contributed by atoms with E-state index < -0.39 is 0 Å². The van der Waals surface area contributed by atoms with Crippen molar-refractivity contribution in [2.45, 2.75) is 26.7 Å². The second kappa shape index (κ2) is 11.0. The molecule has 3 N–H and O–H groups in total. The predicted octanol–water partition coefficient (Wildman–Crippen LogP) is 3.35. The van der Waals surface area contributed by atoms with E-state index in [9.17, 15) is 14.4 Å². The molecule has 7 nitrogen and oxygen atoms in total. The lowest BCUT2D eigenvalue weighted by Crippen LogP contribution is -2.22. The Morgan fingerprint density at radius 3 is 2.20 bits per heavy atom. The number of nitrogens with zero attached hydrogens (tertiary/aromatic N) is 1. The minimum Gasteiger partial charge on any atom is -0.376 e. The van der Waals surface area contributed by atoms with E-state index in [2.05, 4.69) is 16.0 Å². The third-order valence-corrected chi connectivity index (χ3v) is 4.47. The van der Waals surface area contributed by atoms with Crippen molar-refractivity contribution in [2.24, 2.45) is 5.92 Å². The predicted molar refractivity (Wildman–Crippen MR) is 120 cm³/mol. The molecule has 0 unspecified atom stereocenters. The molecule has 2 aromatic carbocycles. The molecule has 0 fully saturated rings. The molecule has 0 saturated heterocycles. The SMILES string of the molecule is CC(C)C(=O)Nc1ccc(NCC(=O)Nc2cccc(CCC(=O)N(C)C)c2)cc1. The maximum Gasteiger partial charge on any atom is 0.243 e. The van der Waals surface area contributed by atoms with Crippen LogP contribution in [0.4, 0.5) is 17.1 Å². The molecular formula is C23H30N4O3. The van der Waals surface area contributed by atoms with Crippen LogP contribution in [-0.2, 0) is 20.8 Å². The summed E-state index contributed by atoms with van der Waals surface area (Å²) in [6.07, 6.45) is 1.05. The monoisotopic (exact) mass is 410 g/mol. The van der Waals surface area contributed by atoms with E-state index in [-0.39, 0.29) is 30.2 Å². The van der Waals surface area contributed by atoms with Gasteiger partial charge in [0.15, 0.2) is 0 Å². The Labute approximate surface area is 177 Å². The number of aryl methyl sites for hydroxylation is 1. The first-order valence-electron chi connectivity index (χ1n) is 9.98. The molecule has 7 heteroatoms. The van der Waals surface area contributed by atoms with Crippen molar-refractivity contribution in [1.82, 2.24) is 4.90 Å². The highest BCUT2D eigenvalue weighted by Gasteiger charge is 2.08. The maximum absolute atomic E-state index is 12.2. The summed E-state index contributed by atoms with van der Waals surface area (Å²) in [7, 11) is 3.47. The molecule has 0 radical (unpaired) electrons. The Balaban J connectivity index is 1.82. The number of anilines is 3. The highest BCUT2D eigenvalue weighted by Crippen LogP contribution is 2.15. The standard InChI is InChI=1S/C23H30N4O3/c1-16(2)23(30)26-19-11-9-18(10-12-19)24-15-21(28)25-20-7-5-6-17(14-20)8-13-22(29)27(3)4/h5-7,9-12,14,16,24H,8,13,15H2,1-4H3,(H,25,28)(H,26,30). The van der Waals surface area contributed by atoms with Crippen molar-refractivity contribution >= 4 is 34.8 Å². The molecule has 0 saturated carbocycles. The average molecular weight is 411 g/mol. The van der Waals surface area contributed by atoms with Gasteiger partial charge in [-0.1, -0.05) is 26.0 Å². The largest absolute Gasteiger partial charge is 0.376 e. The first kappa shape index (κ1) is 22.9. The normalized spacial score (nSPS) is 10.4. The summed E-state index contributed by atoms with van der Waals surface area (Å²) in [6.45, 7) is 3.78. The van der Waals surface area contributed by atoms with Crippen LogP contribution in [0.3, 0.4) is 0 Å². The molecule has 0 aliphatic carbocycles. The minimum atomic E-state index is -0.172. The van der Waals surface area contributed by atoms with Crippen LogP contribution < -0.4 is 16.0 Å². The van der Waals surface area contributed by atoms with Crippen molar-refractivity contribution in [3.8, 4) is 0 Å². The summed E-state index contributed by atoms with van der Waals surface area (Å²) in [5.74, 6) is -0.223. The molecular weight excluding hydrogens is 380 g/mol. The second-order valence-electron chi connectivity index (χ2n) is 7.61. The Kier molecular flexibility index (Phi) is 8.41. The fourth-order valence-corrected chi connectivity index (χ4v) is 2.62. The number of carbonyl (C=O) groups is 3. The van der Waals surface area contributed by atoms with Gasteiger partial charge in [0.1, 0.15) is 0 Å². The van der Waals surface area contributed by atoms with Crippen LogP contribution in [0.25, 0.3) is 0 Å². The Hall–Kier alpha value is -3.35. The molecule has 0 aliphatic rings. The van der Waals surface area contributed by atoms with Gasteiger partial charge in [-0.05, 0) is 48.4 Å². The number of rotatable bonds is 9. The van der Waals surface area contributed by atoms with E-state index in [1.54, 1.807) is 31.1 Å². The summed E-state index contributed by atoms with van der Waals surface area (Å²) >= 11 is 0.